The van der Waals surface area contributed by atoms with Gasteiger partial charge in [0.05, 0.1) is 0 Å². The topological polar surface area (TPSA) is 55.1 Å². The third-order valence-corrected chi connectivity index (χ3v) is 3.28. The molecule has 1 amide bonds. The summed E-state index contributed by atoms with van der Waals surface area (Å²) in [5.41, 5.74) is 7.14. The fourth-order valence-electron chi connectivity index (χ4n) is 1.70. The number of nitrogens with two attached hydrogens (primary N) is 1. The Balaban J connectivity index is 2.28. The van der Waals surface area contributed by atoms with E-state index in [-0.39, 0.29) is 0 Å². The number of hydrogen-bond donors (Lipinski definition) is 2. The van der Waals surface area contributed by atoms with Crippen LogP contribution in [0.2, 0.25) is 0 Å². The molecule has 2 aromatic carbocycles. The van der Waals surface area contributed by atoms with Crippen LogP contribution < -0.4 is 11.1 Å². The summed E-state index contributed by atoms with van der Waals surface area (Å²) in [6.45, 7) is 0. The van der Waals surface area contributed by atoms with Gasteiger partial charge in [-0.2, -0.15) is 0 Å². The standard InChI is InChI=1S/C14H13BrN2O/c15-11-8-4-5-9-12(11)17-13(14(16)18)10-6-2-1-3-7-10/h1-9,13,17H,(H2,16,18)/t13-/m0/s1. The van der Waals surface area contributed by atoms with Gasteiger partial charge in [-0.15, -0.1) is 0 Å². The molecule has 2 rings (SSSR count). The zero-order valence-corrected chi connectivity index (χ0v) is 11.2. The summed E-state index contributed by atoms with van der Waals surface area (Å²) < 4.78 is 0.896. The minimum atomic E-state index is -0.537. The van der Waals surface area contributed by atoms with Gasteiger partial charge in [0.1, 0.15) is 6.04 Å². The second-order valence-electron chi connectivity index (χ2n) is 3.87. The van der Waals surface area contributed by atoms with Gasteiger partial charge < -0.3 is 11.1 Å². The van der Waals surface area contributed by atoms with Crippen molar-refractivity contribution in [3.8, 4) is 0 Å². The maximum atomic E-state index is 11.6. The average molecular weight is 305 g/mol. The van der Waals surface area contributed by atoms with Crippen molar-refractivity contribution in [3.05, 3.63) is 64.6 Å². The lowest BCUT2D eigenvalue weighted by atomic mass is 10.1. The third kappa shape index (κ3) is 2.90. The molecule has 0 spiro atoms. The van der Waals surface area contributed by atoms with E-state index in [4.69, 9.17) is 5.73 Å². The molecule has 0 aliphatic heterocycles. The maximum absolute atomic E-state index is 11.6. The highest BCUT2D eigenvalue weighted by atomic mass is 79.9. The lowest BCUT2D eigenvalue weighted by Gasteiger charge is -2.18. The second-order valence-corrected chi connectivity index (χ2v) is 4.72. The maximum Gasteiger partial charge on any atom is 0.244 e. The fraction of sp³-hybridized carbons (Fsp3) is 0.0714. The van der Waals surface area contributed by atoms with Crippen molar-refractivity contribution in [2.75, 3.05) is 5.32 Å². The van der Waals surface area contributed by atoms with Crippen molar-refractivity contribution in [2.45, 2.75) is 6.04 Å². The van der Waals surface area contributed by atoms with Crippen LogP contribution in [0.15, 0.2) is 59.1 Å². The number of rotatable bonds is 4. The van der Waals surface area contributed by atoms with E-state index in [2.05, 4.69) is 21.2 Å². The summed E-state index contributed by atoms with van der Waals surface area (Å²) in [6, 6.07) is 16.5. The molecule has 0 saturated carbocycles. The third-order valence-electron chi connectivity index (χ3n) is 2.59. The zero-order chi connectivity index (χ0) is 13.0. The van der Waals surface area contributed by atoms with Crippen molar-refractivity contribution < 1.29 is 4.79 Å². The van der Waals surface area contributed by atoms with E-state index in [1.165, 1.54) is 0 Å². The number of primary amides is 1. The van der Waals surface area contributed by atoms with Crippen molar-refractivity contribution in [1.29, 1.82) is 0 Å². The lowest BCUT2D eigenvalue weighted by molar-refractivity contribution is -0.118. The first-order valence-electron chi connectivity index (χ1n) is 5.54. The van der Waals surface area contributed by atoms with Gasteiger partial charge in [-0.3, -0.25) is 4.79 Å². The molecule has 0 unspecified atom stereocenters. The lowest BCUT2D eigenvalue weighted by Crippen LogP contribution is -2.27. The molecule has 3 nitrogen and oxygen atoms in total. The van der Waals surface area contributed by atoms with Gasteiger partial charge in [-0.1, -0.05) is 42.5 Å². The van der Waals surface area contributed by atoms with Crippen molar-refractivity contribution in [2.24, 2.45) is 5.73 Å². The predicted octanol–water partition coefficient (Wildman–Crippen LogP) is 3.09. The highest BCUT2D eigenvalue weighted by Crippen LogP contribution is 2.26. The van der Waals surface area contributed by atoms with Crippen LogP contribution >= 0.6 is 15.9 Å². The number of nitrogens with one attached hydrogen (secondary N) is 1. The van der Waals surface area contributed by atoms with E-state index < -0.39 is 11.9 Å². The van der Waals surface area contributed by atoms with Gasteiger partial charge >= 0.3 is 0 Å². The Morgan fingerprint density at radius 1 is 1.06 bits per heavy atom. The van der Waals surface area contributed by atoms with Crippen LogP contribution in [0.3, 0.4) is 0 Å². The van der Waals surface area contributed by atoms with Crippen molar-refractivity contribution in [1.82, 2.24) is 0 Å². The summed E-state index contributed by atoms with van der Waals surface area (Å²) in [5, 5.41) is 3.14. The van der Waals surface area contributed by atoms with Crippen LogP contribution in [0.4, 0.5) is 5.69 Å². The minimum Gasteiger partial charge on any atom is -0.369 e. The minimum absolute atomic E-state index is 0.406. The van der Waals surface area contributed by atoms with Gasteiger partial charge in [0.2, 0.25) is 5.91 Å². The number of carbonyl (C=O) groups is 1. The zero-order valence-electron chi connectivity index (χ0n) is 9.64. The highest BCUT2D eigenvalue weighted by molar-refractivity contribution is 9.10. The number of anilines is 1. The first kappa shape index (κ1) is 12.6. The monoisotopic (exact) mass is 304 g/mol. The summed E-state index contributed by atoms with van der Waals surface area (Å²) in [6.07, 6.45) is 0. The molecular formula is C14H13BrN2O. The van der Waals surface area contributed by atoms with Gasteiger partial charge in [0.15, 0.2) is 0 Å². The van der Waals surface area contributed by atoms with E-state index >= 15 is 0 Å². The number of amides is 1. The van der Waals surface area contributed by atoms with Crippen LogP contribution in [0.1, 0.15) is 11.6 Å². The smallest absolute Gasteiger partial charge is 0.244 e. The Morgan fingerprint density at radius 2 is 1.67 bits per heavy atom. The van der Waals surface area contributed by atoms with Crippen LogP contribution in [-0.4, -0.2) is 5.91 Å². The van der Waals surface area contributed by atoms with E-state index in [1.807, 2.05) is 54.6 Å². The van der Waals surface area contributed by atoms with Crippen LogP contribution in [-0.2, 0) is 4.79 Å². The molecule has 0 fully saturated rings. The summed E-state index contributed by atoms with van der Waals surface area (Å²) in [5.74, 6) is -0.406. The predicted molar refractivity (Wildman–Crippen MR) is 76.1 cm³/mol. The van der Waals surface area contributed by atoms with E-state index in [1.54, 1.807) is 0 Å². The van der Waals surface area contributed by atoms with Crippen molar-refractivity contribution in [3.63, 3.8) is 0 Å². The molecule has 0 aliphatic rings. The van der Waals surface area contributed by atoms with Crippen LogP contribution in [0.5, 0.6) is 0 Å². The van der Waals surface area contributed by atoms with E-state index in [0.717, 1.165) is 15.7 Å². The molecule has 0 radical (unpaired) electrons. The molecular weight excluding hydrogens is 292 g/mol. The molecule has 0 aliphatic carbocycles. The molecule has 2 aromatic rings. The Bertz CT molecular complexity index is 543. The first-order chi connectivity index (χ1) is 8.68. The summed E-state index contributed by atoms with van der Waals surface area (Å²) in [4.78, 5) is 11.6. The normalized spacial score (nSPS) is 11.8. The molecule has 0 heterocycles. The van der Waals surface area contributed by atoms with Crippen molar-refractivity contribution >= 4 is 27.5 Å². The molecule has 18 heavy (non-hydrogen) atoms. The quantitative estimate of drug-likeness (QED) is 0.912. The average Bonchev–Trinajstić information content (AvgIpc) is 2.38. The number of para-hydroxylation sites is 1. The van der Waals surface area contributed by atoms with Crippen LogP contribution in [0, 0.1) is 0 Å². The molecule has 92 valence electrons. The SMILES string of the molecule is NC(=O)[C@@H](Nc1ccccc1Br)c1ccccc1. The van der Waals surface area contributed by atoms with Gasteiger partial charge in [-0.05, 0) is 33.6 Å². The van der Waals surface area contributed by atoms with Gasteiger partial charge in [0.25, 0.3) is 0 Å². The van der Waals surface area contributed by atoms with Crippen LogP contribution in [0.25, 0.3) is 0 Å². The van der Waals surface area contributed by atoms with E-state index in [0.29, 0.717) is 0 Å². The summed E-state index contributed by atoms with van der Waals surface area (Å²) in [7, 11) is 0. The number of hydrogen-bond acceptors (Lipinski definition) is 2. The second kappa shape index (κ2) is 5.69. The van der Waals surface area contributed by atoms with Gasteiger partial charge in [0, 0.05) is 10.2 Å². The highest BCUT2D eigenvalue weighted by Gasteiger charge is 2.17. The summed E-state index contributed by atoms with van der Waals surface area (Å²) >= 11 is 3.43. The number of halogens is 1. The molecule has 0 saturated heterocycles. The van der Waals surface area contributed by atoms with Gasteiger partial charge in [-0.25, -0.2) is 0 Å². The molecule has 1 atom stereocenters. The Kier molecular flexibility index (Phi) is 3.99. The Labute approximate surface area is 114 Å². The largest absolute Gasteiger partial charge is 0.369 e. The number of carbonyl (C=O) groups excluding carboxylic acids is 1. The molecule has 4 heteroatoms. The Hall–Kier alpha value is -1.81. The first-order valence-corrected chi connectivity index (χ1v) is 6.33. The molecule has 3 N–H and O–H groups in total. The number of benzene rings is 2. The van der Waals surface area contributed by atoms with E-state index in [9.17, 15) is 4.79 Å². The fourth-order valence-corrected chi connectivity index (χ4v) is 2.10. The molecule has 0 aromatic heterocycles. The Morgan fingerprint density at radius 3 is 2.28 bits per heavy atom. The molecule has 0 bridgehead atoms.